The van der Waals surface area contributed by atoms with Crippen molar-refractivity contribution in [1.29, 1.82) is 0 Å². The molecule has 190 valence electrons. The van der Waals surface area contributed by atoms with E-state index < -0.39 is 41.2 Å². The molecule has 2 aliphatic rings. The van der Waals surface area contributed by atoms with E-state index in [0.717, 1.165) is 4.90 Å². The van der Waals surface area contributed by atoms with Crippen LogP contribution in [0.15, 0.2) is 42.5 Å². The lowest BCUT2D eigenvalue weighted by Crippen LogP contribution is -2.56. The molecule has 4 rings (SSSR count). The van der Waals surface area contributed by atoms with Crippen molar-refractivity contribution in [3.05, 3.63) is 53.6 Å². The van der Waals surface area contributed by atoms with Crippen LogP contribution in [0.25, 0.3) is 0 Å². The number of hydrogen-bond donors (Lipinski definition) is 1. The van der Waals surface area contributed by atoms with Crippen molar-refractivity contribution in [2.24, 2.45) is 11.8 Å². The van der Waals surface area contributed by atoms with Gasteiger partial charge in [0.05, 0.1) is 38.9 Å². The predicted molar refractivity (Wildman–Crippen MR) is 131 cm³/mol. The van der Waals surface area contributed by atoms with Crippen molar-refractivity contribution in [3.8, 4) is 11.5 Å². The molecule has 0 aliphatic carbocycles. The zero-order valence-electron chi connectivity index (χ0n) is 21.0. The number of hydrogen-bond acceptors (Lipinski definition) is 8. The van der Waals surface area contributed by atoms with E-state index in [2.05, 4.69) is 5.32 Å². The highest BCUT2D eigenvalue weighted by molar-refractivity contribution is 6.24. The second kappa shape index (κ2) is 9.73. The third-order valence-corrected chi connectivity index (χ3v) is 7.13. The second-order valence-electron chi connectivity index (χ2n) is 9.06. The molecular formula is C27H30N2O7. The SMILES string of the molecule is CCC[C@@]1(C(=O)OC)N[C@@H](c2cc(OC)ccc2OC)[C@H]2C(=O)N(c3cccc(C(C)=O)c3)C(=O)[C@@H]21. The summed E-state index contributed by atoms with van der Waals surface area (Å²) in [6, 6.07) is 10.8. The lowest BCUT2D eigenvalue weighted by Gasteiger charge is -2.32. The minimum absolute atomic E-state index is 0.188. The Hall–Kier alpha value is -3.72. The van der Waals surface area contributed by atoms with Gasteiger partial charge in [-0.1, -0.05) is 25.5 Å². The quantitative estimate of drug-likeness (QED) is 0.339. The van der Waals surface area contributed by atoms with E-state index in [-0.39, 0.29) is 12.2 Å². The van der Waals surface area contributed by atoms with Crippen molar-refractivity contribution in [1.82, 2.24) is 5.32 Å². The number of fused-ring (bicyclic) bond motifs is 1. The minimum atomic E-state index is -1.42. The van der Waals surface area contributed by atoms with E-state index in [1.165, 1.54) is 34.3 Å². The Labute approximate surface area is 209 Å². The number of imide groups is 1. The summed E-state index contributed by atoms with van der Waals surface area (Å²) in [4.78, 5) is 54.3. The van der Waals surface area contributed by atoms with Gasteiger partial charge in [-0.3, -0.25) is 24.5 Å². The van der Waals surface area contributed by atoms with Gasteiger partial charge in [0.15, 0.2) is 5.78 Å². The van der Waals surface area contributed by atoms with Crippen molar-refractivity contribution < 1.29 is 33.4 Å². The van der Waals surface area contributed by atoms with Crippen LogP contribution in [0.2, 0.25) is 0 Å². The van der Waals surface area contributed by atoms with E-state index in [4.69, 9.17) is 14.2 Å². The van der Waals surface area contributed by atoms with E-state index >= 15 is 0 Å². The summed E-state index contributed by atoms with van der Waals surface area (Å²) in [6.07, 6.45) is 0.846. The zero-order valence-corrected chi connectivity index (χ0v) is 21.0. The van der Waals surface area contributed by atoms with E-state index in [1.807, 2.05) is 6.92 Å². The number of nitrogens with zero attached hydrogens (tertiary/aromatic N) is 1. The summed E-state index contributed by atoms with van der Waals surface area (Å²) in [6.45, 7) is 3.32. The molecule has 2 heterocycles. The molecule has 0 radical (unpaired) electrons. The van der Waals surface area contributed by atoms with Gasteiger partial charge in [-0.25, -0.2) is 4.90 Å². The molecule has 2 aromatic rings. The molecule has 1 N–H and O–H groups in total. The summed E-state index contributed by atoms with van der Waals surface area (Å²) in [7, 11) is 4.31. The molecule has 9 nitrogen and oxygen atoms in total. The number of ether oxygens (including phenoxy) is 3. The molecule has 2 amide bonds. The average molecular weight is 495 g/mol. The molecule has 36 heavy (non-hydrogen) atoms. The van der Waals surface area contributed by atoms with Crippen molar-refractivity contribution in [3.63, 3.8) is 0 Å². The molecule has 2 fully saturated rings. The van der Waals surface area contributed by atoms with Gasteiger partial charge in [0.2, 0.25) is 11.8 Å². The number of benzene rings is 2. The van der Waals surface area contributed by atoms with Crippen LogP contribution >= 0.6 is 0 Å². The lowest BCUT2D eigenvalue weighted by atomic mass is 9.77. The molecular weight excluding hydrogens is 464 g/mol. The number of Topliss-reactive ketones (excluding diaryl/α,β-unsaturated/α-hetero) is 1. The fourth-order valence-electron chi connectivity index (χ4n) is 5.57. The molecule has 2 aliphatic heterocycles. The van der Waals surface area contributed by atoms with Crippen LogP contribution in [0.5, 0.6) is 11.5 Å². The maximum atomic E-state index is 14.0. The van der Waals surface area contributed by atoms with Gasteiger partial charge in [0, 0.05) is 17.2 Å². The molecule has 2 saturated heterocycles. The van der Waals surface area contributed by atoms with E-state index in [0.29, 0.717) is 34.7 Å². The predicted octanol–water partition coefficient (Wildman–Crippen LogP) is 3.07. The van der Waals surface area contributed by atoms with Gasteiger partial charge < -0.3 is 14.2 Å². The molecule has 0 bridgehead atoms. The fraction of sp³-hybridized carbons (Fsp3) is 0.407. The first-order valence-electron chi connectivity index (χ1n) is 11.8. The number of amides is 2. The summed E-state index contributed by atoms with van der Waals surface area (Å²) in [5, 5.41) is 3.33. The highest BCUT2D eigenvalue weighted by Gasteiger charge is 2.68. The number of esters is 1. The molecule has 2 aromatic carbocycles. The second-order valence-corrected chi connectivity index (χ2v) is 9.06. The van der Waals surface area contributed by atoms with E-state index in [1.54, 1.807) is 36.4 Å². The van der Waals surface area contributed by atoms with Crippen LogP contribution in [0.4, 0.5) is 5.69 Å². The Morgan fingerprint density at radius 2 is 1.78 bits per heavy atom. The molecule has 4 atom stereocenters. The standard InChI is InChI=1S/C27H30N2O7/c1-6-12-27(26(33)36-5)22-21(23(28-27)19-14-18(34-3)10-11-20(19)35-4)24(31)29(25(22)32)17-9-7-8-16(13-17)15(2)30/h7-11,13-14,21-23,28H,6,12H2,1-5H3/t21-,22+,23-,27+/m0/s1. The Morgan fingerprint density at radius 1 is 1.03 bits per heavy atom. The van der Waals surface area contributed by atoms with E-state index in [9.17, 15) is 19.2 Å². The Morgan fingerprint density at radius 3 is 2.39 bits per heavy atom. The Kier molecular flexibility index (Phi) is 6.86. The molecule has 0 spiro atoms. The van der Waals surface area contributed by atoms with Gasteiger partial charge in [0.1, 0.15) is 17.0 Å². The van der Waals surface area contributed by atoms with Gasteiger partial charge in [0.25, 0.3) is 0 Å². The van der Waals surface area contributed by atoms with Gasteiger partial charge >= 0.3 is 5.97 Å². The number of anilines is 1. The number of carbonyl (C=O) groups is 4. The largest absolute Gasteiger partial charge is 0.497 e. The van der Waals surface area contributed by atoms with Gasteiger partial charge in [-0.2, -0.15) is 0 Å². The maximum absolute atomic E-state index is 14.0. The first kappa shape index (κ1) is 25.4. The Balaban J connectivity index is 1.91. The zero-order chi connectivity index (χ0) is 26.2. The topological polar surface area (TPSA) is 111 Å². The van der Waals surface area contributed by atoms with Gasteiger partial charge in [-0.05, 0) is 43.7 Å². The summed E-state index contributed by atoms with van der Waals surface area (Å²) >= 11 is 0. The molecule has 0 unspecified atom stereocenters. The average Bonchev–Trinajstić information content (AvgIpc) is 3.37. The van der Waals surface area contributed by atoms with Crippen molar-refractivity contribution in [2.75, 3.05) is 26.2 Å². The number of ketones is 1. The molecule has 9 heteroatoms. The fourth-order valence-corrected chi connectivity index (χ4v) is 5.57. The number of rotatable bonds is 8. The number of carbonyl (C=O) groups excluding carboxylic acids is 4. The maximum Gasteiger partial charge on any atom is 0.326 e. The molecule has 0 saturated carbocycles. The van der Waals surface area contributed by atoms with Crippen molar-refractivity contribution in [2.45, 2.75) is 38.3 Å². The van der Waals surface area contributed by atoms with Crippen LogP contribution in [-0.4, -0.2) is 50.4 Å². The highest BCUT2D eigenvalue weighted by atomic mass is 16.5. The third-order valence-electron chi connectivity index (χ3n) is 7.13. The van der Waals surface area contributed by atoms with Crippen LogP contribution in [0.1, 0.15) is 48.7 Å². The summed E-state index contributed by atoms with van der Waals surface area (Å²) in [5.41, 5.74) is -0.165. The summed E-state index contributed by atoms with van der Waals surface area (Å²) in [5.74, 6) is -2.67. The number of methoxy groups -OCH3 is 3. The Bertz CT molecular complexity index is 1230. The normalized spacial score (nSPS) is 25.0. The summed E-state index contributed by atoms with van der Waals surface area (Å²) < 4.78 is 16.2. The van der Waals surface area contributed by atoms with Gasteiger partial charge in [-0.15, -0.1) is 0 Å². The first-order valence-corrected chi connectivity index (χ1v) is 11.8. The first-order chi connectivity index (χ1) is 17.2. The van der Waals surface area contributed by atoms with Crippen LogP contribution in [0, 0.1) is 11.8 Å². The number of nitrogens with one attached hydrogen (secondary N) is 1. The highest BCUT2D eigenvalue weighted by Crippen LogP contribution is 2.53. The van der Waals surface area contributed by atoms with Crippen LogP contribution in [0.3, 0.4) is 0 Å². The van der Waals surface area contributed by atoms with Crippen LogP contribution in [-0.2, 0) is 19.1 Å². The lowest BCUT2D eigenvalue weighted by molar-refractivity contribution is -0.152. The molecule has 0 aromatic heterocycles. The monoisotopic (exact) mass is 494 g/mol. The van der Waals surface area contributed by atoms with Crippen LogP contribution < -0.4 is 19.7 Å². The van der Waals surface area contributed by atoms with Crippen molar-refractivity contribution >= 4 is 29.3 Å². The minimum Gasteiger partial charge on any atom is -0.497 e. The smallest absolute Gasteiger partial charge is 0.326 e. The third kappa shape index (κ3) is 3.83.